The Morgan fingerprint density at radius 3 is 2.16 bits per heavy atom. The van der Waals surface area contributed by atoms with E-state index in [9.17, 15) is 18.0 Å². The molecule has 7 nitrogen and oxygen atoms in total. The molecule has 3 aliphatic heterocycles. The van der Waals surface area contributed by atoms with Crippen LogP contribution in [0.5, 0.6) is 0 Å². The number of rotatable bonds is 9. The average molecular weight is 554 g/mol. The summed E-state index contributed by atoms with van der Waals surface area (Å²) in [5.74, 6) is -0.385. The Balaban J connectivity index is 1.34. The Labute approximate surface area is 228 Å². The number of hydrogen-bond acceptors (Lipinski definition) is 5. The number of esters is 1. The fourth-order valence-electron chi connectivity index (χ4n) is 5.55. The minimum Gasteiger partial charge on any atom is -0.455 e. The molecule has 198 valence electrons. The predicted molar refractivity (Wildman–Crippen MR) is 144 cm³/mol. The van der Waals surface area contributed by atoms with E-state index < -0.39 is 22.0 Å². The predicted octanol–water partition coefficient (Wildman–Crippen LogP) is 4.39. The molecule has 3 fully saturated rings. The first-order valence-corrected chi connectivity index (χ1v) is 14.6. The molecule has 3 aromatic rings. The number of benzene rings is 3. The number of carbonyl (C=O) groups is 2. The lowest BCUT2D eigenvalue weighted by Crippen LogP contribution is -2.66. The van der Waals surface area contributed by atoms with Crippen molar-refractivity contribution in [3.63, 3.8) is 0 Å². The number of sulfonamides is 1. The van der Waals surface area contributed by atoms with Gasteiger partial charge in [-0.25, -0.2) is 13.2 Å². The Hall–Kier alpha value is -3.04. The van der Waals surface area contributed by atoms with Gasteiger partial charge in [-0.15, -0.1) is 0 Å². The summed E-state index contributed by atoms with van der Waals surface area (Å²) in [4.78, 5) is 26.6. The van der Waals surface area contributed by atoms with Crippen LogP contribution in [0, 0.1) is 5.92 Å². The minimum absolute atomic E-state index is 0.00222. The molecule has 3 aliphatic rings. The van der Waals surface area contributed by atoms with Crippen molar-refractivity contribution < 1.29 is 27.2 Å². The SMILES string of the molecule is O=C(C[N+]12CCC(CC1)[C@@H](OC(=O)C(NS(=O)(=O)c1ccc(Cl)cc1)c1ccccc1)C2)c1ccccc1. The molecule has 0 amide bonds. The molecule has 0 saturated carbocycles. The Kier molecular flexibility index (Phi) is 7.68. The molecule has 0 spiro atoms. The van der Waals surface area contributed by atoms with Crippen molar-refractivity contribution in [2.24, 2.45) is 5.92 Å². The van der Waals surface area contributed by atoms with Crippen molar-refractivity contribution >= 4 is 33.4 Å². The van der Waals surface area contributed by atoms with Crippen LogP contribution in [0.25, 0.3) is 0 Å². The number of carbonyl (C=O) groups excluding carboxylic acids is 2. The normalized spacial score (nSPS) is 23.5. The summed E-state index contributed by atoms with van der Waals surface area (Å²) in [5, 5.41) is 0.410. The molecule has 6 rings (SSSR count). The molecule has 38 heavy (non-hydrogen) atoms. The highest BCUT2D eigenvalue weighted by molar-refractivity contribution is 7.89. The minimum atomic E-state index is -4.04. The second kappa shape index (κ2) is 11.0. The summed E-state index contributed by atoms with van der Waals surface area (Å²) in [7, 11) is -4.04. The maximum absolute atomic E-state index is 13.6. The van der Waals surface area contributed by atoms with E-state index in [0.29, 0.717) is 33.7 Å². The smallest absolute Gasteiger partial charge is 0.329 e. The van der Waals surface area contributed by atoms with Crippen molar-refractivity contribution in [3.8, 4) is 0 Å². The standard InChI is InChI=1S/C29H30ClN2O5S/c30-24-11-13-25(14-12-24)38(35,36)31-28(23-9-5-2-6-10-23)29(34)37-27-20-32(17-15-22(27)16-18-32)19-26(33)21-7-3-1-4-8-21/h1-14,22,27-28,31H,15-20H2/q+1/t22?,27-,28?,32?/m0/s1. The van der Waals surface area contributed by atoms with E-state index in [4.69, 9.17) is 16.3 Å². The van der Waals surface area contributed by atoms with Crippen LogP contribution in [-0.4, -0.2) is 56.9 Å². The second-order valence-electron chi connectivity index (χ2n) is 10.2. The average Bonchev–Trinajstić information content (AvgIpc) is 2.93. The number of Topliss-reactive ketones (excluding diaryl/α,β-unsaturated/α-hetero) is 1. The third-order valence-corrected chi connectivity index (χ3v) is 9.34. The first-order valence-electron chi connectivity index (χ1n) is 12.7. The van der Waals surface area contributed by atoms with Crippen molar-refractivity contribution in [1.82, 2.24) is 4.72 Å². The monoisotopic (exact) mass is 553 g/mol. The molecule has 0 radical (unpaired) electrons. The van der Waals surface area contributed by atoms with Gasteiger partial charge in [0.1, 0.15) is 19.1 Å². The second-order valence-corrected chi connectivity index (χ2v) is 12.3. The van der Waals surface area contributed by atoms with Crippen LogP contribution in [0.15, 0.2) is 89.8 Å². The molecule has 0 aliphatic carbocycles. The summed E-state index contributed by atoms with van der Waals surface area (Å²) in [6.45, 7) is 2.63. The molecule has 3 aromatic carbocycles. The first kappa shape index (κ1) is 26.6. The number of quaternary nitrogens is 1. The van der Waals surface area contributed by atoms with Gasteiger partial charge in [-0.05, 0) is 29.8 Å². The molecule has 9 heteroatoms. The number of fused-ring (bicyclic) bond motifs is 3. The number of halogens is 1. The van der Waals surface area contributed by atoms with E-state index in [1.165, 1.54) is 24.3 Å². The van der Waals surface area contributed by atoms with Crippen LogP contribution in [0.1, 0.15) is 34.8 Å². The Morgan fingerprint density at radius 1 is 0.921 bits per heavy atom. The number of nitrogens with zero attached hydrogens (tertiary/aromatic N) is 1. The third-order valence-electron chi connectivity index (χ3n) is 7.65. The zero-order valence-corrected chi connectivity index (χ0v) is 22.4. The molecule has 3 saturated heterocycles. The Morgan fingerprint density at radius 2 is 1.53 bits per heavy atom. The lowest BCUT2D eigenvalue weighted by atomic mass is 9.82. The van der Waals surface area contributed by atoms with Gasteiger partial charge in [0.05, 0.1) is 18.0 Å². The number of ether oxygens (including phenoxy) is 1. The van der Waals surface area contributed by atoms with Gasteiger partial charge < -0.3 is 9.22 Å². The molecule has 0 aromatic heterocycles. The highest BCUT2D eigenvalue weighted by Crippen LogP contribution is 2.36. The van der Waals surface area contributed by atoms with E-state index in [1.807, 2.05) is 30.3 Å². The van der Waals surface area contributed by atoms with Crippen LogP contribution < -0.4 is 4.72 Å². The van der Waals surface area contributed by atoms with Gasteiger partial charge in [-0.1, -0.05) is 72.3 Å². The van der Waals surface area contributed by atoms with Crippen LogP contribution in [-0.2, 0) is 19.6 Å². The lowest BCUT2D eigenvalue weighted by molar-refractivity contribution is -0.938. The maximum atomic E-state index is 13.6. The summed E-state index contributed by atoms with van der Waals surface area (Å²) in [5.41, 5.74) is 1.17. The highest BCUT2D eigenvalue weighted by atomic mass is 35.5. The van der Waals surface area contributed by atoms with E-state index in [1.54, 1.807) is 30.3 Å². The van der Waals surface area contributed by atoms with E-state index >= 15 is 0 Å². The summed E-state index contributed by atoms with van der Waals surface area (Å²) in [6.07, 6.45) is 1.32. The summed E-state index contributed by atoms with van der Waals surface area (Å²) in [6, 6.07) is 22.5. The van der Waals surface area contributed by atoms with Crippen molar-refractivity contribution in [3.05, 3.63) is 101 Å². The number of piperidine rings is 3. The molecular weight excluding hydrogens is 524 g/mol. The van der Waals surface area contributed by atoms with Crippen LogP contribution in [0.3, 0.4) is 0 Å². The van der Waals surface area contributed by atoms with Gasteiger partial charge in [-0.2, -0.15) is 4.72 Å². The van der Waals surface area contributed by atoms with Crippen molar-refractivity contribution in [2.45, 2.75) is 29.9 Å². The lowest BCUT2D eigenvalue weighted by Gasteiger charge is -2.51. The van der Waals surface area contributed by atoms with Crippen molar-refractivity contribution in [1.29, 1.82) is 0 Å². The van der Waals surface area contributed by atoms with Crippen LogP contribution in [0.2, 0.25) is 5.02 Å². The molecule has 1 unspecified atom stereocenters. The van der Waals surface area contributed by atoms with E-state index in [-0.39, 0.29) is 22.7 Å². The first-order chi connectivity index (χ1) is 18.2. The van der Waals surface area contributed by atoms with Gasteiger partial charge in [0.2, 0.25) is 15.8 Å². The maximum Gasteiger partial charge on any atom is 0.329 e. The van der Waals surface area contributed by atoms with Gasteiger partial charge in [0.15, 0.2) is 6.10 Å². The van der Waals surface area contributed by atoms with Crippen LogP contribution >= 0.6 is 11.6 Å². The number of hydrogen-bond donors (Lipinski definition) is 1. The third kappa shape index (κ3) is 5.83. The molecule has 2 atom stereocenters. The van der Waals surface area contributed by atoms with E-state index in [0.717, 1.165) is 25.9 Å². The number of ketones is 1. The zero-order valence-electron chi connectivity index (χ0n) is 20.8. The molecule has 3 heterocycles. The molecule has 1 N–H and O–H groups in total. The fraction of sp³-hybridized carbons (Fsp3) is 0.310. The van der Waals surface area contributed by atoms with Gasteiger partial charge in [0.25, 0.3) is 0 Å². The summed E-state index contributed by atoms with van der Waals surface area (Å²) < 4.78 is 35.5. The zero-order chi connectivity index (χ0) is 26.8. The Bertz CT molecular complexity index is 1390. The fourth-order valence-corrected chi connectivity index (χ4v) is 6.85. The number of nitrogens with one attached hydrogen (secondary N) is 1. The highest BCUT2D eigenvalue weighted by Gasteiger charge is 2.49. The quantitative estimate of drug-likeness (QED) is 0.241. The van der Waals surface area contributed by atoms with Crippen LogP contribution in [0.4, 0.5) is 0 Å². The summed E-state index contributed by atoms with van der Waals surface area (Å²) >= 11 is 5.92. The largest absolute Gasteiger partial charge is 0.455 e. The van der Waals surface area contributed by atoms with Gasteiger partial charge in [0, 0.05) is 29.3 Å². The van der Waals surface area contributed by atoms with Crippen molar-refractivity contribution in [2.75, 3.05) is 26.2 Å². The molecular formula is C29H30ClN2O5S+. The molecule has 2 bridgehead atoms. The topological polar surface area (TPSA) is 89.5 Å². The van der Waals surface area contributed by atoms with Gasteiger partial charge in [-0.3, -0.25) is 4.79 Å². The van der Waals surface area contributed by atoms with Gasteiger partial charge >= 0.3 is 5.97 Å². The van der Waals surface area contributed by atoms with E-state index in [2.05, 4.69) is 4.72 Å².